The minimum Gasteiger partial charge on any atom is -0.388 e. The molecule has 0 unspecified atom stereocenters. The second-order valence-corrected chi connectivity index (χ2v) is 6.01. The van der Waals surface area contributed by atoms with E-state index in [-0.39, 0.29) is 5.91 Å². The van der Waals surface area contributed by atoms with Crippen LogP contribution in [0.3, 0.4) is 0 Å². The Balaban J connectivity index is 2.14. The highest BCUT2D eigenvalue weighted by molar-refractivity contribution is 5.94. The first-order valence-corrected chi connectivity index (χ1v) is 6.70. The molecule has 0 aliphatic heterocycles. The monoisotopic (exact) mass is 288 g/mol. The van der Waals surface area contributed by atoms with Crippen LogP contribution in [-0.2, 0) is 0 Å². The van der Waals surface area contributed by atoms with Gasteiger partial charge < -0.3 is 10.4 Å². The van der Waals surface area contributed by atoms with Crippen LogP contribution in [-0.4, -0.2) is 36.7 Å². The lowest BCUT2D eigenvalue weighted by Crippen LogP contribution is -2.57. The third kappa shape index (κ3) is 3.28. The molecule has 0 bridgehead atoms. The number of hydrogen-bond donors (Lipinski definition) is 2. The number of aromatic nitrogens is 3. The quantitative estimate of drug-likeness (QED) is 0.894. The summed E-state index contributed by atoms with van der Waals surface area (Å²) in [5.41, 5.74) is -1.35. The van der Waals surface area contributed by atoms with Gasteiger partial charge in [-0.3, -0.25) is 9.36 Å². The number of nitrogens with zero attached hydrogens (tertiary/aromatic N) is 3. The van der Waals surface area contributed by atoms with Crippen LogP contribution in [0.1, 0.15) is 38.1 Å². The molecule has 0 aliphatic carbocycles. The molecule has 0 radical (unpaired) electrons. The summed E-state index contributed by atoms with van der Waals surface area (Å²) in [6.45, 7) is 6.87. The molecule has 2 N–H and O–H groups in total. The van der Waals surface area contributed by atoms with Crippen molar-refractivity contribution in [3.8, 4) is 5.82 Å². The van der Waals surface area contributed by atoms with Crippen LogP contribution in [0.4, 0.5) is 0 Å². The third-order valence-electron chi connectivity index (χ3n) is 3.73. The predicted octanol–water partition coefficient (Wildman–Crippen LogP) is 1.55. The molecule has 6 heteroatoms. The summed E-state index contributed by atoms with van der Waals surface area (Å²) in [5, 5.41) is 12.9. The van der Waals surface area contributed by atoms with Gasteiger partial charge in [0, 0.05) is 18.6 Å². The van der Waals surface area contributed by atoms with Crippen LogP contribution in [0.15, 0.2) is 37.1 Å². The van der Waals surface area contributed by atoms with E-state index in [0.717, 1.165) is 0 Å². The number of carbonyl (C=O) groups excluding carboxylic acids is 1. The highest BCUT2D eigenvalue weighted by atomic mass is 16.3. The van der Waals surface area contributed by atoms with Crippen molar-refractivity contribution in [2.75, 3.05) is 0 Å². The Morgan fingerprint density at radius 3 is 2.48 bits per heavy atom. The van der Waals surface area contributed by atoms with Crippen molar-refractivity contribution >= 4 is 5.91 Å². The molecular formula is C15H20N4O2. The van der Waals surface area contributed by atoms with Gasteiger partial charge in [0.2, 0.25) is 0 Å². The van der Waals surface area contributed by atoms with E-state index in [1.54, 1.807) is 63.1 Å². The lowest BCUT2D eigenvalue weighted by molar-refractivity contribution is -0.00293. The van der Waals surface area contributed by atoms with Gasteiger partial charge in [0.1, 0.15) is 12.1 Å². The first kappa shape index (κ1) is 15.2. The molecule has 2 aromatic rings. The maximum Gasteiger partial charge on any atom is 0.253 e. The average Bonchev–Trinajstić information content (AvgIpc) is 2.91. The lowest BCUT2D eigenvalue weighted by atomic mass is 9.86. The normalized spacial score (nSPS) is 12.2. The highest BCUT2D eigenvalue weighted by Gasteiger charge is 2.36. The van der Waals surface area contributed by atoms with Crippen molar-refractivity contribution in [2.24, 2.45) is 0 Å². The second kappa shape index (κ2) is 5.29. The Labute approximate surface area is 123 Å². The third-order valence-corrected chi connectivity index (χ3v) is 3.73. The number of imidazole rings is 1. The topological polar surface area (TPSA) is 80.0 Å². The maximum atomic E-state index is 12.2. The van der Waals surface area contributed by atoms with Crippen molar-refractivity contribution in [1.82, 2.24) is 19.9 Å². The summed E-state index contributed by atoms with van der Waals surface area (Å²) in [5.74, 6) is 0.414. The number of carbonyl (C=O) groups is 1. The molecule has 2 rings (SSSR count). The van der Waals surface area contributed by atoms with Crippen LogP contribution < -0.4 is 5.32 Å². The zero-order chi connectivity index (χ0) is 15.7. The van der Waals surface area contributed by atoms with Crippen molar-refractivity contribution in [3.05, 3.63) is 42.6 Å². The molecule has 0 saturated carbocycles. The first-order chi connectivity index (χ1) is 9.71. The van der Waals surface area contributed by atoms with E-state index in [9.17, 15) is 9.90 Å². The van der Waals surface area contributed by atoms with Crippen LogP contribution in [0.5, 0.6) is 0 Å². The fourth-order valence-electron chi connectivity index (χ4n) is 1.58. The van der Waals surface area contributed by atoms with Gasteiger partial charge in [-0.15, -0.1) is 0 Å². The SMILES string of the molecule is CC(C)(O)C(C)(C)NC(=O)c1ccc(-n2ccnc2)nc1. The smallest absolute Gasteiger partial charge is 0.253 e. The van der Waals surface area contributed by atoms with Gasteiger partial charge in [-0.05, 0) is 39.8 Å². The number of rotatable bonds is 4. The van der Waals surface area contributed by atoms with Crippen LogP contribution >= 0.6 is 0 Å². The zero-order valence-electron chi connectivity index (χ0n) is 12.7. The number of hydrogen-bond acceptors (Lipinski definition) is 4. The minimum atomic E-state index is -1.03. The largest absolute Gasteiger partial charge is 0.388 e. The van der Waals surface area contributed by atoms with Gasteiger partial charge in [0.15, 0.2) is 0 Å². The Kier molecular flexibility index (Phi) is 3.82. The molecule has 6 nitrogen and oxygen atoms in total. The maximum absolute atomic E-state index is 12.2. The fraction of sp³-hybridized carbons (Fsp3) is 0.400. The summed E-state index contributed by atoms with van der Waals surface area (Å²) >= 11 is 0. The molecular weight excluding hydrogens is 268 g/mol. The van der Waals surface area contributed by atoms with E-state index in [4.69, 9.17) is 0 Å². The second-order valence-electron chi connectivity index (χ2n) is 6.01. The van der Waals surface area contributed by atoms with Crippen molar-refractivity contribution < 1.29 is 9.90 Å². The van der Waals surface area contributed by atoms with Gasteiger partial charge in [0.05, 0.1) is 16.7 Å². The molecule has 0 aromatic carbocycles. The molecule has 21 heavy (non-hydrogen) atoms. The predicted molar refractivity (Wildman–Crippen MR) is 79.2 cm³/mol. The summed E-state index contributed by atoms with van der Waals surface area (Å²) in [4.78, 5) is 20.4. The number of pyridine rings is 1. The average molecular weight is 288 g/mol. The van der Waals surface area contributed by atoms with E-state index in [1.807, 2.05) is 0 Å². The van der Waals surface area contributed by atoms with Gasteiger partial charge in [-0.25, -0.2) is 9.97 Å². The van der Waals surface area contributed by atoms with Crippen molar-refractivity contribution in [2.45, 2.75) is 38.8 Å². The summed E-state index contributed by atoms with van der Waals surface area (Å²) < 4.78 is 1.75. The Morgan fingerprint density at radius 2 is 2.00 bits per heavy atom. The summed E-state index contributed by atoms with van der Waals surface area (Å²) in [7, 11) is 0. The molecule has 0 atom stereocenters. The molecule has 1 amide bonds. The molecule has 2 heterocycles. The molecule has 0 aliphatic rings. The Bertz CT molecular complexity index is 610. The van der Waals surface area contributed by atoms with E-state index in [0.29, 0.717) is 11.4 Å². The first-order valence-electron chi connectivity index (χ1n) is 6.70. The van der Waals surface area contributed by atoms with E-state index in [2.05, 4.69) is 15.3 Å². The summed E-state index contributed by atoms with van der Waals surface area (Å²) in [6, 6.07) is 3.44. The minimum absolute atomic E-state index is 0.271. The molecule has 0 spiro atoms. The van der Waals surface area contributed by atoms with Crippen molar-refractivity contribution in [3.63, 3.8) is 0 Å². The highest BCUT2D eigenvalue weighted by Crippen LogP contribution is 2.21. The molecule has 112 valence electrons. The number of amides is 1. The summed E-state index contributed by atoms with van der Waals surface area (Å²) in [6.07, 6.45) is 6.58. The Morgan fingerprint density at radius 1 is 1.29 bits per heavy atom. The zero-order valence-corrected chi connectivity index (χ0v) is 12.7. The van der Waals surface area contributed by atoms with Crippen LogP contribution in [0.2, 0.25) is 0 Å². The van der Waals surface area contributed by atoms with Crippen molar-refractivity contribution in [1.29, 1.82) is 0 Å². The van der Waals surface area contributed by atoms with Gasteiger partial charge >= 0.3 is 0 Å². The Hall–Kier alpha value is -2.21. The standard InChI is InChI=1S/C15H20N4O2/c1-14(2,15(3,4)21)18-13(20)11-5-6-12(17-9-11)19-8-7-16-10-19/h5-10,21H,1-4H3,(H,18,20). The van der Waals surface area contributed by atoms with E-state index in [1.165, 1.54) is 6.20 Å². The molecule has 0 saturated heterocycles. The lowest BCUT2D eigenvalue weighted by Gasteiger charge is -2.37. The van der Waals surface area contributed by atoms with Gasteiger partial charge in [-0.2, -0.15) is 0 Å². The van der Waals surface area contributed by atoms with Crippen LogP contribution in [0, 0.1) is 0 Å². The fourth-order valence-corrected chi connectivity index (χ4v) is 1.58. The molecule has 0 fully saturated rings. The van der Waals surface area contributed by atoms with Crippen LogP contribution in [0.25, 0.3) is 5.82 Å². The van der Waals surface area contributed by atoms with E-state index < -0.39 is 11.1 Å². The molecule has 2 aromatic heterocycles. The number of aliphatic hydroxyl groups is 1. The van der Waals surface area contributed by atoms with E-state index >= 15 is 0 Å². The van der Waals surface area contributed by atoms with Gasteiger partial charge in [-0.1, -0.05) is 0 Å². The number of nitrogens with one attached hydrogen (secondary N) is 1. The van der Waals surface area contributed by atoms with Gasteiger partial charge in [0.25, 0.3) is 5.91 Å².